The largest absolute Gasteiger partial charge is 0.192 e. The van der Waals surface area contributed by atoms with Crippen molar-refractivity contribution in [2.24, 2.45) is 0 Å². The van der Waals surface area contributed by atoms with Crippen molar-refractivity contribution in [1.29, 1.82) is 5.26 Å². The summed E-state index contributed by atoms with van der Waals surface area (Å²) in [6.07, 6.45) is 0. The van der Waals surface area contributed by atoms with E-state index in [9.17, 15) is 0 Å². The normalized spacial score (nSPS) is 11.1. The number of hydrogen-bond acceptors (Lipinski definition) is 2. The van der Waals surface area contributed by atoms with Gasteiger partial charge in [-0.05, 0) is 17.5 Å². The summed E-state index contributed by atoms with van der Waals surface area (Å²) in [5.74, 6) is 0. The quantitative estimate of drug-likeness (QED) is 0.580. The van der Waals surface area contributed by atoms with E-state index >= 15 is 0 Å². The lowest BCUT2D eigenvalue weighted by Gasteiger charge is -2.14. The Morgan fingerprint density at radius 2 is 2.00 bits per heavy atom. The smallest absolute Gasteiger partial charge is 0.110 e. The van der Waals surface area contributed by atoms with Crippen LogP contribution in [0, 0.1) is 11.3 Å². The Kier molecular flexibility index (Phi) is 2.01. The van der Waals surface area contributed by atoms with E-state index in [2.05, 4.69) is 26.8 Å². The molecule has 1 aromatic rings. The lowest BCUT2D eigenvalue weighted by Crippen LogP contribution is -2.07. The molecular weight excluding hydrogens is 154 g/mol. The van der Waals surface area contributed by atoms with Crippen molar-refractivity contribution in [1.82, 2.24) is 0 Å². The fourth-order valence-electron chi connectivity index (χ4n) is 0.801. The van der Waals surface area contributed by atoms with Gasteiger partial charge in [0.1, 0.15) is 10.9 Å². The van der Waals surface area contributed by atoms with Crippen molar-refractivity contribution in [3.63, 3.8) is 0 Å². The van der Waals surface area contributed by atoms with Gasteiger partial charge in [-0.25, -0.2) is 0 Å². The van der Waals surface area contributed by atoms with E-state index in [1.807, 2.05) is 12.1 Å². The molecule has 58 valence electrons. The van der Waals surface area contributed by atoms with Crippen LogP contribution in [0.25, 0.3) is 0 Å². The second-order valence-corrected chi connectivity index (χ2v) is 4.61. The van der Waals surface area contributed by atoms with Crippen molar-refractivity contribution >= 4 is 11.3 Å². The van der Waals surface area contributed by atoms with Crippen molar-refractivity contribution < 1.29 is 0 Å². The van der Waals surface area contributed by atoms with E-state index < -0.39 is 0 Å². The molecule has 0 saturated heterocycles. The molecule has 0 aliphatic heterocycles. The van der Waals surface area contributed by atoms with Crippen LogP contribution in [0.3, 0.4) is 0 Å². The zero-order valence-electron chi connectivity index (χ0n) is 7.01. The highest BCUT2D eigenvalue weighted by Gasteiger charge is 2.15. The molecule has 0 radical (unpaired) electrons. The van der Waals surface area contributed by atoms with Gasteiger partial charge in [0.05, 0.1) is 0 Å². The van der Waals surface area contributed by atoms with Crippen molar-refractivity contribution in [2.75, 3.05) is 0 Å². The summed E-state index contributed by atoms with van der Waals surface area (Å²) >= 11 is 1.58. The number of rotatable bonds is 0. The maximum Gasteiger partial charge on any atom is 0.110 e. The second-order valence-electron chi connectivity index (χ2n) is 3.53. The molecule has 0 aliphatic rings. The van der Waals surface area contributed by atoms with Crippen LogP contribution in [0.2, 0.25) is 0 Å². The number of nitrogens with zero attached hydrogens (tertiary/aromatic N) is 1. The molecule has 0 amide bonds. The highest BCUT2D eigenvalue weighted by Crippen LogP contribution is 2.28. The third kappa shape index (κ3) is 1.81. The minimum absolute atomic E-state index is 0.180. The first kappa shape index (κ1) is 8.29. The average molecular weight is 165 g/mol. The average Bonchev–Trinajstić information content (AvgIpc) is 2.32. The summed E-state index contributed by atoms with van der Waals surface area (Å²) in [6, 6.07) is 6.05. The Morgan fingerprint density at radius 3 is 2.27 bits per heavy atom. The van der Waals surface area contributed by atoms with Gasteiger partial charge in [0.2, 0.25) is 0 Å². The van der Waals surface area contributed by atoms with Crippen LogP contribution in [0.4, 0.5) is 0 Å². The van der Waals surface area contributed by atoms with E-state index in [4.69, 9.17) is 5.26 Å². The summed E-state index contributed by atoms with van der Waals surface area (Å²) in [6.45, 7) is 6.46. The Balaban J connectivity index is 3.01. The molecule has 2 heteroatoms. The molecule has 11 heavy (non-hydrogen) atoms. The maximum absolute atomic E-state index is 8.58. The fraction of sp³-hybridized carbons (Fsp3) is 0.444. The van der Waals surface area contributed by atoms with Gasteiger partial charge in [0, 0.05) is 4.88 Å². The molecule has 0 saturated carbocycles. The summed E-state index contributed by atoms with van der Waals surface area (Å²) in [5.41, 5.74) is 0.180. The molecule has 0 atom stereocenters. The predicted molar refractivity (Wildman–Crippen MR) is 47.7 cm³/mol. The minimum Gasteiger partial charge on any atom is -0.192 e. The summed E-state index contributed by atoms with van der Waals surface area (Å²) in [7, 11) is 0. The van der Waals surface area contributed by atoms with Gasteiger partial charge in [0.15, 0.2) is 0 Å². The Labute approximate surface area is 71.3 Å². The van der Waals surface area contributed by atoms with Gasteiger partial charge in [-0.2, -0.15) is 5.26 Å². The van der Waals surface area contributed by atoms with Gasteiger partial charge in [-0.1, -0.05) is 20.8 Å². The van der Waals surface area contributed by atoms with E-state index in [-0.39, 0.29) is 5.41 Å². The summed E-state index contributed by atoms with van der Waals surface area (Å²) in [4.78, 5) is 2.07. The number of hydrogen-bond donors (Lipinski definition) is 0. The third-order valence-electron chi connectivity index (χ3n) is 1.46. The molecule has 0 spiro atoms. The second kappa shape index (κ2) is 2.67. The van der Waals surface area contributed by atoms with Crippen LogP contribution in [-0.2, 0) is 5.41 Å². The number of thiophene rings is 1. The molecule has 0 aromatic carbocycles. The summed E-state index contributed by atoms with van der Waals surface area (Å²) in [5, 5.41) is 8.58. The first-order valence-electron chi connectivity index (χ1n) is 3.54. The van der Waals surface area contributed by atoms with E-state index in [1.54, 1.807) is 11.3 Å². The minimum atomic E-state index is 0.180. The van der Waals surface area contributed by atoms with Gasteiger partial charge >= 0.3 is 0 Å². The van der Waals surface area contributed by atoms with Crippen LogP contribution in [0.15, 0.2) is 12.1 Å². The first-order valence-corrected chi connectivity index (χ1v) is 4.36. The Bertz CT molecular complexity index is 285. The fourth-order valence-corrected chi connectivity index (χ4v) is 1.66. The number of nitriles is 1. The Hall–Kier alpha value is -0.810. The van der Waals surface area contributed by atoms with Crippen LogP contribution in [0.5, 0.6) is 0 Å². The molecule has 0 fully saturated rings. The maximum atomic E-state index is 8.58. The van der Waals surface area contributed by atoms with Crippen LogP contribution in [0.1, 0.15) is 30.5 Å². The Morgan fingerprint density at radius 1 is 1.36 bits per heavy atom. The third-order valence-corrected chi connectivity index (χ3v) is 2.87. The zero-order valence-corrected chi connectivity index (χ0v) is 7.83. The van der Waals surface area contributed by atoms with Gasteiger partial charge in [-0.15, -0.1) is 11.3 Å². The molecule has 0 bridgehead atoms. The highest BCUT2D eigenvalue weighted by molar-refractivity contribution is 7.12. The van der Waals surface area contributed by atoms with Crippen molar-refractivity contribution in [3.05, 3.63) is 21.9 Å². The molecule has 0 N–H and O–H groups in total. The molecule has 0 unspecified atom stereocenters. The topological polar surface area (TPSA) is 23.8 Å². The molecule has 1 aromatic heterocycles. The lowest BCUT2D eigenvalue weighted by atomic mass is 9.95. The zero-order chi connectivity index (χ0) is 8.48. The molecule has 1 heterocycles. The first-order chi connectivity index (χ1) is 5.04. The SMILES string of the molecule is CC(C)(C)c1ccc(C#N)s1. The van der Waals surface area contributed by atoms with E-state index in [1.165, 1.54) is 4.88 Å². The van der Waals surface area contributed by atoms with Crippen LogP contribution >= 0.6 is 11.3 Å². The lowest BCUT2D eigenvalue weighted by molar-refractivity contribution is 0.604. The molecular formula is C9H11NS. The van der Waals surface area contributed by atoms with Gasteiger partial charge in [0.25, 0.3) is 0 Å². The monoisotopic (exact) mass is 165 g/mol. The molecule has 1 nitrogen and oxygen atoms in total. The standard InChI is InChI=1S/C9H11NS/c1-9(2,3)8-5-4-7(6-10)11-8/h4-5H,1-3H3. The van der Waals surface area contributed by atoms with Crippen LogP contribution < -0.4 is 0 Å². The van der Waals surface area contributed by atoms with Crippen molar-refractivity contribution in [3.8, 4) is 6.07 Å². The van der Waals surface area contributed by atoms with Gasteiger partial charge < -0.3 is 0 Å². The van der Waals surface area contributed by atoms with E-state index in [0.29, 0.717) is 0 Å². The van der Waals surface area contributed by atoms with E-state index in [0.717, 1.165) is 4.88 Å². The summed E-state index contributed by atoms with van der Waals surface area (Å²) < 4.78 is 0. The highest BCUT2D eigenvalue weighted by atomic mass is 32.1. The van der Waals surface area contributed by atoms with Gasteiger partial charge in [-0.3, -0.25) is 0 Å². The molecule has 0 aliphatic carbocycles. The van der Waals surface area contributed by atoms with Crippen LogP contribution in [-0.4, -0.2) is 0 Å². The van der Waals surface area contributed by atoms with Crippen molar-refractivity contribution in [2.45, 2.75) is 26.2 Å². The predicted octanol–water partition coefficient (Wildman–Crippen LogP) is 2.92. The molecule has 1 rings (SSSR count).